The molecule has 23 heavy (non-hydrogen) atoms. The SMILES string of the molecule is CCN(CCN)C(=O)c1nc(-c2cnn3ccccc23)c(Cl)s1. The normalized spacial score (nSPS) is 11.1. The Balaban J connectivity index is 2.00. The fourth-order valence-corrected chi connectivity index (χ4v) is 3.51. The van der Waals surface area contributed by atoms with Crippen molar-refractivity contribution in [3.05, 3.63) is 39.9 Å². The number of fused-ring (bicyclic) bond motifs is 1. The number of hydrogen-bond acceptors (Lipinski definition) is 5. The Hall–Kier alpha value is -1.96. The minimum Gasteiger partial charge on any atom is -0.336 e. The fourth-order valence-electron chi connectivity index (χ4n) is 2.37. The van der Waals surface area contributed by atoms with Crippen molar-refractivity contribution < 1.29 is 4.79 Å². The number of carbonyl (C=O) groups excluding carboxylic acids is 1. The highest BCUT2D eigenvalue weighted by atomic mass is 35.5. The number of hydrogen-bond donors (Lipinski definition) is 1. The standard InChI is InChI=1S/C15H16ClN5OS/c1-2-20(8-6-17)15(22)14-19-12(13(16)23-14)10-9-18-21-7-4-3-5-11(10)21/h3-5,7,9H,2,6,8,17H2,1H3. The number of nitrogens with zero attached hydrogens (tertiary/aromatic N) is 4. The van der Waals surface area contributed by atoms with Crippen LogP contribution in [0, 0.1) is 0 Å². The Labute approximate surface area is 142 Å². The van der Waals surface area contributed by atoms with Gasteiger partial charge in [-0.15, -0.1) is 0 Å². The maximum Gasteiger partial charge on any atom is 0.282 e. The lowest BCUT2D eigenvalue weighted by Crippen LogP contribution is -2.35. The molecular formula is C15H16ClN5OS. The summed E-state index contributed by atoms with van der Waals surface area (Å²) in [5.41, 5.74) is 7.84. The van der Waals surface area contributed by atoms with Crippen molar-refractivity contribution in [2.75, 3.05) is 19.6 Å². The van der Waals surface area contributed by atoms with Gasteiger partial charge in [-0.05, 0) is 19.1 Å². The third-order valence-electron chi connectivity index (χ3n) is 3.52. The second-order valence-corrected chi connectivity index (χ2v) is 6.50. The van der Waals surface area contributed by atoms with E-state index in [1.165, 1.54) is 11.3 Å². The molecule has 2 N–H and O–H groups in total. The lowest BCUT2D eigenvalue weighted by Gasteiger charge is -2.18. The molecule has 8 heteroatoms. The van der Waals surface area contributed by atoms with Crippen molar-refractivity contribution in [2.24, 2.45) is 5.73 Å². The molecule has 3 rings (SSSR count). The number of carbonyl (C=O) groups is 1. The van der Waals surface area contributed by atoms with E-state index in [1.807, 2.05) is 31.3 Å². The van der Waals surface area contributed by atoms with Crippen LogP contribution >= 0.6 is 22.9 Å². The van der Waals surface area contributed by atoms with Gasteiger partial charge in [0.1, 0.15) is 10.0 Å². The van der Waals surface area contributed by atoms with Crippen molar-refractivity contribution in [1.82, 2.24) is 19.5 Å². The lowest BCUT2D eigenvalue weighted by molar-refractivity contribution is 0.0768. The lowest BCUT2D eigenvalue weighted by atomic mass is 10.2. The number of amides is 1. The minimum atomic E-state index is -0.146. The maximum absolute atomic E-state index is 12.5. The van der Waals surface area contributed by atoms with E-state index in [4.69, 9.17) is 17.3 Å². The number of halogens is 1. The average Bonchev–Trinajstić information content (AvgIpc) is 3.15. The highest BCUT2D eigenvalue weighted by Gasteiger charge is 2.22. The van der Waals surface area contributed by atoms with Gasteiger partial charge in [-0.3, -0.25) is 4.79 Å². The van der Waals surface area contributed by atoms with Gasteiger partial charge in [0.2, 0.25) is 0 Å². The van der Waals surface area contributed by atoms with E-state index in [9.17, 15) is 4.79 Å². The van der Waals surface area contributed by atoms with Gasteiger partial charge in [0.15, 0.2) is 5.01 Å². The van der Waals surface area contributed by atoms with E-state index in [0.717, 1.165) is 11.1 Å². The molecule has 0 aliphatic heterocycles. The monoisotopic (exact) mass is 349 g/mol. The number of pyridine rings is 1. The molecule has 0 saturated heterocycles. The second-order valence-electron chi connectivity index (χ2n) is 4.90. The maximum atomic E-state index is 12.5. The zero-order chi connectivity index (χ0) is 16.4. The summed E-state index contributed by atoms with van der Waals surface area (Å²) in [6, 6.07) is 5.76. The van der Waals surface area contributed by atoms with E-state index in [-0.39, 0.29) is 5.91 Å². The van der Waals surface area contributed by atoms with Gasteiger partial charge in [0, 0.05) is 31.4 Å². The molecule has 0 fully saturated rings. The van der Waals surface area contributed by atoms with E-state index >= 15 is 0 Å². The summed E-state index contributed by atoms with van der Waals surface area (Å²) in [6.45, 7) is 3.41. The molecule has 0 radical (unpaired) electrons. The molecule has 0 saturated carbocycles. The van der Waals surface area contributed by atoms with Gasteiger partial charge < -0.3 is 10.6 Å². The van der Waals surface area contributed by atoms with Gasteiger partial charge in [0.05, 0.1) is 11.7 Å². The summed E-state index contributed by atoms with van der Waals surface area (Å²) >= 11 is 7.51. The highest BCUT2D eigenvalue weighted by Crippen LogP contribution is 2.35. The summed E-state index contributed by atoms with van der Waals surface area (Å²) in [6.07, 6.45) is 3.56. The van der Waals surface area contributed by atoms with E-state index in [1.54, 1.807) is 15.6 Å². The third-order valence-corrected chi connectivity index (χ3v) is 4.76. The Kier molecular flexibility index (Phi) is 4.61. The number of thiazole rings is 1. The molecule has 0 spiro atoms. The first-order valence-electron chi connectivity index (χ1n) is 7.24. The largest absolute Gasteiger partial charge is 0.336 e. The zero-order valence-corrected chi connectivity index (χ0v) is 14.1. The molecule has 0 unspecified atom stereocenters. The first kappa shape index (κ1) is 15.9. The van der Waals surface area contributed by atoms with Gasteiger partial charge in [-0.25, -0.2) is 9.50 Å². The fraction of sp³-hybridized carbons (Fsp3) is 0.267. The van der Waals surface area contributed by atoms with Crippen LogP contribution in [-0.2, 0) is 0 Å². The first-order chi connectivity index (χ1) is 11.2. The van der Waals surface area contributed by atoms with Gasteiger partial charge in [-0.2, -0.15) is 5.10 Å². The van der Waals surface area contributed by atoms with E-state index in [0.29, 0.717) is 34.7 Å². The van der Waals surface area contributed by atoms with Crippen molar-refractivity contribution in [2.45, 2.75) is 6.92 Å². The molecule has 3 aromatic heterocycles. The van der Waals surface area contributed by atoms with E-state index < -0.39 is 0 Å². The number of rotatable bonds is 5. The molecule has 0 aliphatic carbocycles. The van der Waals surface area contributed by atoms with Gasteiger partial charge in [-0.1, -0.05) is 29.0 Å². The van der Waals surface area contributed by atoms with Crippen LogP contribution in [0.1, 0.15) is 16.7 Å². The van der Waals surface area contributed by atoms with Crippen LogP contribution in [0.15, 0.2) is 30.6 Å². The minimum absolute atomic E-state index is 0.146. The Morgan fingerprint density at radius 2 is 2.30 bits per heavy atom. The summed E-state index contributed by atoms with van der Waals surface area (Å²) in [4.78, 5) is 18.6. The molecule has 3 aromatic rings. The summed E-state index contributed by atoms with van der Waals surface area (Å²) in [5, 5.41) is 4.65. The molecule has 0 aromatic carbocycles. The topological polar surface area (TPSA) is 76.5 Å². The van der Waals surface area contributed by atoms with Crippen molar-refractivity contribution in [3.8, 4) is 11.3 Å². The number of nitrogens with two attached hydrogens (primary N) is 1. The molecule has 0 aliphatic rings. The van der Waals surface area contributed by atoms with Crippen LogP contribution in [0.3, 0.4) is 0 Å². The van der Waals surface area contributed by atoms with Crippen LogP contribution in [0.25, 0.3) is 16.8 Å². The van der Waals surface area contributed by atoms with Gasteiger partial charge in [0.25, 0.3) is 5.91 Å². The van der Waals surface area contributed by atoms with Gasteiger partial charge >= 0.3 is 0 Å². The quantitative estimate of drug-likeness (QED) is 0.768. The van der Waals surface area contributed by atoms with Crippen LogP contribution in [0.5, 0.6) is 0 Å². The summed E-state index contributed by atoms with van der Waals surface area (Å²) in [7, 11) is 0. The highest BCUT2D eigenvalue weighted by molar-refractivity contribution is 7.18. The molecule has 3 heterocycles. The zero-order valence-electron chi connectivity index (χ0n) is 12.6. The molecule has 0 bridgehead atoms. The van der Waals surface area contributed by atoms with Crippen LogP contribution in [0.2, 0.25) is 4.34 Å². The van der Waals surface area contributed by atoms with Crippen molar-refractivity contribution >= 4 is 34.4 Å². The summed E-state index contributed by atoms with van der Waals surface area (Å²) in [5.74, 6) is -0.146. The smallest absolute Gasteiger partial charge is 0.282 e. The molecule has 1 amide bonds. The van der Waals surface area contributed by atoms with Crippen LogP contribution in [-0.4, -0.2) is 45.0 Å². The Bertz CT molecular complexity index is 843. The second kappa shape index (κ2) is 6.66. The average molecular weight is 350 g/mol. The Morgan fingerprint density at radius 3 is 3.04 bits per heavy atom. The van der Waals surface area contributed by atoms with Crippen molar-refractivity contribution in [3.63, 3.8) is 0 Å². The van der Waals surface area contributed by atoms with Crippen molar-refractivity contribution in [1.29, 1.82) is 0 Å². The Morgan fingerprint density at radius 1 is 1.48 bits per heavy atom. The van der Waals surface area contributed by atoms with Crippen LogP contribution < -0.4 is 5.73 Å². The number of aromatic nitrogens is 3. The predicted octanol–water partition coefficient (Wildman–Crippen LogP) is 2.53. The molecular weight excluding hydrogens is 334 g/mol. The number of likely N-dealkylation sites (N-methyl/N-ethyl adjacent to an activating group) is 1. The van der Waals surface area contributed by atoms with Crippen LogP contribution in [0.4, 0.5) is 0 Å². The first-order valence-corrected chi connectivity index (χ1v) is 8.43. The third kappa shape index (κ3) is 2.95. The molecule has 0 atom stereocenters. The van der Waals surface area contributed by atoms with E-state index in [2.05, 4.69) is 10.1 Å². The molecule has 120 valence electrons. The summed E-state index contributed by atoms with van der Waals surface area (Å²) < 4.78 is 2.23. The predicted molar refractivity (Wildman–Crippen MR) is 91.9 cm³/mol. The molecule has 6 nitrogen and oxygen atoms in total.